The summed E-state index contributed by atoms with van der Waals surface area (Å²) >= 11 is 0. The van der Waals surface area contributed by atoms with Crippen LogP contribution in [0.3, 0.4) is 0 Å². The van der Waals surface area contributed by atoms with Gasteiger partial charge in [-0.3, -0.25) is 0 Å². The fourth-order valence-electron chi connectivity index (χ4n) is 1.80. The minimum atomic E-state index is 1.15. The Kier molecular flexibility index (Phi) is 2.03. The van der Waals surface area contributed by atoms with Gasteiger partial charge < -0.3 is 4.90 Å². The topological polar surface area (TPSA) is 3.24 Å². The van der Waals surface area contributed by atoms with Gasteiger partial charge in [0.25, 0.3) is 0 Å². The second-order valence-corrected chi connectivity index (χ2v) is 3.47. The van der Waals surface area contributed by atoms with E-state index in [2.05, 4.69) is 36.3 Å². The lowest BCUT2D eigenvalue weighted by Crippen LogP contribution is -2.19. The van der Waals surface area contributed by atoms with Gasteiger partial charge in [0.05, 0.1) is 0 Å². The maximum atomic E-state index is 2.36. The van der Waals surface area contributed by atoms with Crippen LogP contribution in [0.2, 0.25) is 0 Å². The van der Waals surface area contributed by atoms with Gasteiger partial charge in [-0.2, -0.15) is 0 Å². The molecule has 0 aliphatic carbocycles. The molecule has 0 saturated heterocycles. The highest BCUT2D eigenvalue weighted by atomic mass is 15.1. The molecule has 0 unspecified atom stereocenters. The summed E-state index contributed by atoms with van der Waals surface area (Å²) in [7, 11) is 0. The van der Waals surface area contributed by atoms with Crippen LogP contribution in [0.4, 0.5) is 0 Å². The summed E-state index contributed by atoms with van der Waals surface area (Å²) in [6.45, 7) is 3.39. The van der Waals surface area contributed by atoms with Gasteiger partial charge in [-0.1, -0.05) is 12.2 Å². The van der Waals surface area contributed by atoms with Gasteiger partial charge in [0.1, 0.15) is 0 Å². The van der Waals surface area contributed by atoms with Crippen molar-refractivity contribution >= 4 is 0 Å². The maximum Gasteiger partial charge on any atom is 0.0392 e. The third kappa shape index (κ3) is 1.31. The van der Waals surface area contributed by atoms with E-state index in [-0.39, 0.29) is 0 Å². The normalized spacial score (nSPS) is 22.6. The molecule has 2 aliphatic heterocycles. The average Bonchev–Trinajstić information content (AvgIpc) is 2.29. The molecule has 64 valence electrons. The molecule has 1 nitrogen and oxygen atoms in total. The highest BCUT2D eigenvalue weighted by Gasteiger charge is 2.11. The fourth-order valence-corrected chi connectivity index (χ4v) is 1.80. The third-order valence-electron chi connectivity index (χ3n) is 2.53. The molecule has 0 atom stereocenters. The Morgan fingerprint density at radius 1 is 1.25 bits per heavy atom. The predicted octanol–water partition coefficient (Wildman–Crippen LogP) is 2.83. The first-order valence-electron chi connectivity index (χ1n) is 4.67. The SMILES string of the molecule is CC1=C2C=CCCN2C=CCC1. The Hall–Kier alpha value is -0.980. The van der Waals surface area contributed by atoms with Crippen LogP contribution < -0.4 is 0 Å². The quantitative estimate of drug-likeness (QED) is 0.528. The van der Waals surface area contributed by atoms with Crippen molar-refractivity contribution in [1.82, 2.24) is 4.90 Å². The summed E-state index contributed by atoms with van der Waals surface area (Å²) < 4.78 is 0. The van der Waals surface area contributed by atoms with Gasteiger partial charge in [0, 0.05) is 18.4 Å². The molecule has 0 fully saturated rings. The van der Waals surface area contributed by atoms with Crippen molar-refractivity contribution in [3.63, 3.8) is 0 Å². The van der Waals surface area contributed by atoms with Crippen LogP contribution in [0.15, 0.2) is 35.7 Å². The molecule has 12 heavy (non-hydrogen) atoms. The third-order valence-corrected chi connectivity index (χ3v) is 2.53. The lowest BCUT2D eigenvalue weighted by atomic mass is 10.1. The van der Waals surface area contributed by atoms with Crippen LogP contribution in [-0.4, -0.2) is 11.4 Å². The second kappa shape index (κ2) is 3.18. The van der Waals surface area contributed by atoms with Crippen LogP contribution in [0.25, 0.3) is 0 Å². The molecule has 0 spiro atoms. The molecule has 0 N–H and O–H groups in total. The van der Waals surface area contributed by atoms with Gasteiger partial charge in [-0.05, 0) is 37.8 Å². The lowest BCUT2D eigenvalue weighted by Gasteiger charge is -2.25. The Bertz CT molecular complexity index is 258. The molecular formula is C11H15N. The summed E-state index contributed by atoms with van der Waals surface area (Å²) in [6.07, 6.45) is 12.6. The van der Waals surface area contributed by atoms with Crippen molar-refractivity contribution in [2.24, 2.45) is 0 Å². The van der Waals surface area contributed by atoms with E-state index in [0.29, 0.717) is 0 Å². The minimum absolute atomic E-state index is 1.15. The van der Waals surface area contributed by atoms with E-state index in [4.69, 9.17) is 0 Å². The van der Waals surface area contributed by atoms with Crippen molar-refractivity contribution in [3.8, 4) is 0 Å². The number of hydrogen-bond donors (Lipinski definition) is 0. The van der Waals surface area contributed by atoms with Crippen LogP contribution in [0.5, 0.6) is 0 Å². The second-order valence-electron chi connectivity index (χ2n) is 3.47. The molecular weight excluding hydrogens is 146 g/mol. The first-order valence-corrected chi connectivity index (χ1v) is 4.67. The molecule has 2 aliphatic rings. The van der Waals surface area contributed by atoms with Crippen LogP contribution in [-0.2, 0) is 0 Å². The monoisotopic (exact) mass is 161 g/mol. The standard InChI is InChI=1S/C11H15N/c1-10-6-2-4-8-12-9-5-3-7-11(10)12/h3-4,7-8H,2,5-6,9H2,1H3. The van der Waals surface area contributed by atoms with E-state index >= 15 is 0 Å². The van der Waals surface area contributed by atoms with Crippen molar-refractivity contribution in [2.75, 3.05) is 6.54 Å². The fraction of sp³-hybridized carbons (Fsp3) is 0.455. The Labute approximate surface area is 74.1 Å². The van der Waals surface area contributed by atoms with Crippen molar-refractivity contribution < 1.29 is 0 Å². The highest BCUT2D eigenvalue weighted by Crippen LogP contribution is 2.23. The molecule has 1 heteroatoms. The molecule has 0 amide bonds. The van der Waals surface area contributed by atoms with E-state index < -0.39 is 0 Å². The number of rotatable bonds is 0. The first-order chi connectivity index (χ1) is 5.88. The van der Waals surface area contributed by atoms with E-state index in [0.717, 1.165) is 6.54 Å². The van der Waals surface area contributed by atoms with Crippen molar-refractivity contribution in [2.45, 2.75) is 26.2 Å². The minimum Gasteiger partial charge on any atom is -0.348 e. The molecule has 0 aromatic carbocycles. The number of allylic oxidation sites excluding steroid dienone is 3. The predicted molar refractivity (Wildman–Crippen MR) is 51.5 cm³/mol. The number of hydrogen-bond acceptors (Lipinski definition) is 1. The van der Waals surface area contributed by atoms with Gasteiger partial charge in [-0.25, -0.2) is 0 Å². The molecule has 0 aromatic heterocycles. The molecule has 2 rings (SSSR count). The summed E-state index contributed by atoms with van der Waals surface area (Å²) in [5.74, 6) is 0. The molecule has 0 radical (unpaired) electrons. The Morgan fingerprint density at radius 2 is 2.17 bits per heavy atom. The molecule has 2 heterocycles. The Morgan fingerprint density at radius 3 is 3.08 bits per heavy atom. The van der Waals surface area contributed by atoms with Crippen LogP contribution >= 0.6 is 0 Å². The van der Waals surface area contributed by atoms with Gasteiger partial charge in [0.2, 0.25) is 0 Å². The van der Waals surface area contributed by atoms with E-state index in [1.165, 1.54) is 30.5 Å². The van der Waals surface area contributed by atoms with Crippen molar-refractivity contribution in [1.29, 1.82) is 0 Å². The lowest BCUT2D eigenvalue weighted by molar-refractivity contribution is 0.470. The maximum absolute atomic E-state index is 2.36. The summed E-state index contributed by atoms with van der Waals surface area (Å²) in [6, 6.07) is 0. The van der Waals surface area contributed by atoms with Gasteiger partial charge >= 0.3 is 0 Å². The highest BCUT2D eigenvalue weighted by molar-refractivity contribution is 5.29. The summed E-state index contributed by atoms with van der Waals surface area (Å²) in [5, 5.41) is 0. The van der Waals surface area contributed by atoms with Gasteiger partial charge in [-0.15, -0.1) is 0 Å². The van der Waals surface area contributed by atoms with Gasteiger partial charge in [0.15, 0.2) is 0 Å². The van der Waals surface area contributed by atoms with Crippen LogP contribution in [0.1, 0.15) is 26.2 Å². The zero-order valence-electron chi connectivity index (χ0n) is 7.59. The van der Waals surface area contributed by atoms with E-state index in [9.17, 15) is 0 Å². The zero-order valence-corrected chi connectivity index (χ0v) is 7.59. The number of nitrogens with zero attached hydrogens (tertiary/aromatic N) is 1. The zero-order chi connectivity index (χ0) is 8.39. The Balaban J connectivity index is 2.35. The largest absolute Gasteiger partial charge is 0.348 e. The molecule has 0 saturated carbocycles. The molecule has 0 aromatic rings. The van der Waals surface area contributed by atoms with Crippen LogP contribution in [0, 0.1) is 0 Å². The van der Waals surface area contributed by atoms with E-state index in [1.54, 1.807) is 0 Å². The van der Waals surface area contributed by atoms with Crippen molar-refractivity contribution in [3.05, 3.63) is 35.7 Å². The smallest absolute Gasteiger partial charge is 0.0392 e. The average molecular weight is 161 g/mol. The summed E-state index contributed by atoms with van der Waals surface area (Å²) in [4.78, 5) is 2.36. The summed E-state index contributed by atoms with van der Waals surface area (Å²) in [5.41, 5.74) is 2.95. The van der Waals surface area contributed by atoms with E-state index in [1.807, 2.05) is 0 Å². The molecule has 0 bridgehead atoms. The number of fused-ring (bicyclic) bond motifs is 1. The first kappa shape index (κ1) is 7.66.